The number of methoxy groups -OCH3 is 1. The fourth-order valence-corrected chi connectivity index (χ4v) is 6.30. The number of anilines is 3. The molecule has 6 nitrogen and oxygen atoms in total. The van der Waals surface area contributed by atoms with Gasteiger partial charge in [-0.2, -0.15) is 0 Å². The zero-order chi connectivity index (χ0) is 23.6. The Kier molecular flexibility index (Phi) is 6.42. The predicted octanol–water partition coefficient (Wildman–Crippen LogP) is 5.80. The molecule has 4 aromatic rings. The summed E-state index contributed by atoms with van der Waals surface area (Å²) in [6.45, 7) is 0. The van der Waals surface area contributed by atoms with Crippen LogP contribution in [-0.2, 0) is 9.84 Å². The number of hydrogen-bond acceptors (Lipinski definition) is 7. The number of carbonyl (C=O) groups excluding carboxylic acids is 1. The van der Waals surface area contributed by atoms with E-state index >= 15 is 0 Å². The normalized spacial score (nSPS) is 11.2. The van der Waals surface area contributed by atoms with Gasteiger partial charge in [-0.25, -0.2) is 8.42 Å². The van der Waals surface area contributed by atoms with E-state index in [1.54, 1.807) is 66.7 Å². The first-order valence-electron chi connectivity index (χ1n) is 9.75. The molecule has 168 valence electrons. The highest BCUT2D eigenvalue weighted by molar-refractivity contribution is 7.92. The number of thiophene rings is 1. The molecule has 0 fully saturated rings. The number of carbonyl (C=O) groups is 1. The van der Waals surface area contributed by atoms with Crippen LogP contribution in [-0.4, -0.2) is 21.3 Å². The van der Waals surface area contributed by atoms with Crippen molar-refractivity contribution < 1.29 is 17.9 Å². The highest BCUT2D eigenvalue weighted by Crippen LogP contribution is 2.44. The van der Waals surface area contributed by atoms with Gasteiger partial charge in [-0.1, -0.05) is 41.9 Å². The van der Waals surface area contributed by atoms with Gasteiger partial charge in [0, 0.05) is 16.3 Å². The number of ether oxygens (including phenoxy) is 1. The summed E-state index contributed by atoms with van der Waals surface area (Å²) in [5, 5.41) is 3.87. The van der Waals surface area contributed by atoms with Gasteiger partial charge < -0.3 is 15.8 Å². The van der Waals surface area contributed by atoms with Crippen LogP contribution in [0.25, 0.3) is 0 Å². The topological polar surface area (TPSA) is 98.5 Å². The summed E-state index contributed by atoms with van der Waals surface area (Å²) in [5.74, 6) is 0.109. The third-order valence-electron chi connectivity index (χ3n) is 4.86. The first kappa shape index (κ1) is 22.8. The van der Waals surface area contributed by atoms with Crippen LogP contribution in [0.15, 0.2) is 88.7 Å². The van der Waals surface area contributed by atoms with Crippen LogP contribution in [0.2, 0.25) is 5.02 Å². The van der Waals surface area contributed by atoms with E-state index in [0.717, 1.165) is 11.3 Å². The number of nitrogens with two attached hydrogens (primary N) is 1. The maximum atomic E-state index is 13.5. The third-order valence-corrected chi connectivity index (χ3v) is 8.22. The molecule has 0 saturated heterocycles. The molecule has 0 bridgehead atoms. The summed E-state index contributed by atoms with van der Waals surface area (Å²) >= 11 is 6.95. The van der Waals surface area contributed by atoms with E-state index in [1.165, 1.54) is 19.2 Å². The summed E-state index contributed by atoms with van der Waals surface area (Å²) < 4.78 is 32.3. The lowest BCUT2D eigenvalue weighted by atomic mass is 10.1. The number of ketones is 1. The van der Waals surface area contributed by atoms with Crippen molar-refractivity contribution in [1.29, 1.82) is 0 Å². The Morgan fingerprint density at radius 3 is 2.36 bits per heavy atom. The van der Waals surface area contributed by atoms with Gasteiger partial charge in [0.25, 0.3) is 0 Å². The average Bonchev–Trinajstić information content (AvgIpc) is 3.16. The molecule has 9 heteroatoms. The van der Waals surface area contributed by atoms with Crippen molar-refractivity contribution in [3.8, 4) is 5.75 Å². The molecule has 0 spiro atoms. The number of sulfone groups is 1. The highest BCUT2D eigenvalue weighted by atomic mass is 35.5. The van der Waals surface area contributed by atoms with Crippen molar-refractivity contribution in [2.45, 2.75) is 9.79 Å². The molecule has 1 aromatic heterocycles. The van der Waals surface area contributed by atoms with E-state index in [0.29, 0.717) is 22.0 Å². The second kappa shape index (κ2) is 9.27. The molecule has 0 atom stereocenters. The lowest BCUT2D eigenvalue weighted by Gasteiger charge is -2.09. The zero-order valence-electron chi connectivity index (χ0n) is 17.4. The third kappa shape index (κ3) is 4.59. The van der Waals surface area contributed by atoms with Crippen molar-refractivity contribution in [3.63, 3.8) is 0 Å². The Bertz CT molecular complexity index is 1420. The molecule has 0 amide bonds. The lowest BCUT2D eigenvalue weighted by molar-refractivity contribution is 0.104. The summed E-state index contributed by atoms with van der Waals surface area (Å²) in [6, 6.07) is 21.3. The molecule has 4 rings (SSSR count). The smallest absolute Gasteiger partial charge is 0.211 e. The SMILES string of the molecule is COc1cccc(C(=O)c2sc(Nc3ccc(Cl)cc3)c(S(=O)(=O)c3ccccc3)c2N)c1. The maximum absolute atomic E-state index is 13.5. The van der Waals surface area contributed by atoms with E-state index < -0.39 is 15.6 Å². The second-order valence-electron chi connectivity index (χ2n) is 7.01. The lowest BCUT2D eigenvalue weighted by Crippen LogP contribution is -2.08. The standard InChI is InChI=1S/C24H19ClN2O4S2/c1-31-18-7-5-6-15(14-18)21(28)22-20(26)23(33(29,30)19-8-3-2-4-9-19)24(32-22)27-17-12-10-16(25)11-13-17/h2-14,27H,26H2,1H3. The van der Waals surface area contributed by atoms with E-state index in [9.17, 15) is 13.2 Å². The Balaban J connectivity index is 1.87. The van der Waals surface area contributed by atoms with Gasteiger partial charge in [0.15, 0.2) is 0 Å². The number of halogens is 1. The number of nitrogen functional groups attached to an aromatic ring is 1. The van der Waals surface area contributed by atoms with Gasteiger partial charge >= 0.3 is 0 Å². The minimum atomic E-state index is -4.02. The Morgan fingerprint density at radius 2 is 1.70 bits per heavy atom. The van der Waals surface area contributed by atoms with E-state index in [2.05, 4.69) is 5.32 Å². The molecular weight excluding hydrogens is 480 g/mol. The van der Waals surface area contributed by atoms with Crippen LogP contribution in [0.1, 0.15) is 15.2 Å². The number of nitrogens with one attached hydrogen (secondary N) is 1. The number of rotatable bonds is 7. The molecule has 0 radical (unpaired) electrons. The molecule has 0 aliphatic rings. The molecule has 0 saturated carbocycles. The van der Waals surface area contributed by atoms with Gasteiger partial charge in [0.05, 0.1) is 17.7 Å². The number of hydrogen-bond donors (Lipinski definition) is 2. The monoisotopic (exact) mass is 498 g/mol. The van der Waals surface area contributed by atoms with Crippen molar-refractivity contribution in [2.24, 2.45) is 0 Å². The minimum Gasteiger partial charge on any atom is -0.497 e. The first-order valence-corrected chi connectivity index (χ1v) is 12.4. The summed E-state index contributed by atoms with van der Waals surface area (Å²) in [5.41, 5.74) is 7.17. The Hall–Kier alpha value is -3.33. The van der Waals surface area contributed by atoms with Crippen LogP contribution >= 0.6 is 22.9 Å². The zero-order valence-corrected chi connectivity index (χ0v) is 19.8. The Morgan fingerprint density at radius 1 is 1.00 bits per heavy atom. The molecule has 0 aliphatic heterocycles. The summed E-state index contributed by atoms with van der Waals surface area (Å²) in [7, 11) is -2.51. The quantitative estimate of drug-likeness (QED) is 0.312. The van der Waals surface area contributed by atoms with Gasteiger partial charge in [0.1, 0.15) is 20.5 Å². The molecular formula is C24H19ClN2O4S2. The van der Waals surface area contributed by atoms with Crippen LogP contribution in [0.4, 0.5) is 16.4 Å². The fourth-order valence-electron chi connectivity index (χ4n) is 3.22. The minimum absolute atomic E-state index is 0.0778. The van der Waals surface area contributed by atoms with E-state index in [1.807, 2.05) is 0 Å². The van der Waals surface area contributed by atoms with E-state index in [-0.39, 0.29) is 25.4 Å². The van der Waals surface area contributed by atoms with Gasteiger partial charge in [0.2, 0.25) is 15.6 Å². The molecule has 0 aliphatic carbocycles. The second-order valence-corrected chi connectivity index (χ2v) is 10.4. The van der Waals surface area contributed by atoms with Crippen molar-refractivity contribution in [2.75, 3.05) is 18.2 Å². The Labute approximate surface area is 200 Å². The average molecular weight is 499 g/mol. The molecule has 33 heavy (non-hydrogen) atoms. The van der Waals surface area contributed by atoms with Crippen LogP contribution in [0.5, 0.6) is 5.75 Å². The van der Waals surface area contributed by atoms with Crippen LogP contribution in [0.3, 0.4) is 0 Å². The highest BCUT2D eigenvalue weighted by Gasteiger charge is 2.31. The van der Waals surface area contributed by atoms with Crippen LogP contribution in [0, 0.1) is 0 Å². The van der Waals surface area contributed by atoms with Gasteiger partial charge in [-0.05, 0) is 48.5 Å². The molecule has 1 heterocycles. The summed E-state index contributed by atoms with van der Waals surface area (Å²) in [4.78, 5) is 13.4. The van der Waals surface area contributed by atoms with Crippen molar-refractivity contribution in [1.82, 2.24) is 0 Å². The van der Waals surface area contributed by atoms with Crippen molar-refractivity contribution >= 4 is 54.9 Å². The largest absolute Gasteiger partial charge is 0.497 e. The first-order chi connectivity index (χ1) is 15.8. The van der Waals surface area contributed by atoms with Crippen LogP contribution < -0.4 is 15.8 Å². The van der Waals surface area contributed by atoms with Crippen molar-refractivity contribution in [3.05, 3.63) is 94.3 Å². The van der Waals surface area contributed by atoms with Gasteiger partial charge in [-0.15, -0.1) is 11.3 Å². The van der Waals surface area contributed by atoms with E-state index in [4.69, 9.17) is 22.1 Å². The fraction of sp³-hybridized carbons (Fsp3) is 0.0417. The molecule has 0 unspecified atom stereocenters. The number of benzene rings is 3. The molecule has 3 aromatic carbocycles. The predicted molar refractivity (Wildman–Crippen MR) is 132 cm³/mol. The summed E-state index contributed by atoms with van der Waals surface area (Å²) in [6.07, 6.45) is 0. The van der Waals surface area contributed by atoms with Gasteiger partial charge in [-0.3, -0.25) is 4.79 Å². The maximum Gasteiger partial charge on any atom is 0.211 e. The molecule has 3 N–H and O–H groups in total.